The molecule has 0 saturated carbocycles. The Hall–Kier alpha value is -3.88. The van der Waals surface area contributed by atoms with Gasteiger partial charge in [-0.3, -0.25) is 19.0 Å². The zero-order chi connectivity index (χ0) is 22.2. The molecule has 9 heteroatoms. The molecule has 0 spiro atoms. The Morgan fingerprint density at radius 3 is 2.56 bits per heavy atom. The number of ether oxygens (including phenoxy) is 1. The van der Waals surface area contributed by atoms with Gasteiger partial charge in [0.1, 0.15) is 12.3 Å². The zero-order valence-corrected chi connectivity index (χ0v) is 17.7. The molecule has 0 radical (unpaired) electrons. The lowest BCUT2D eigenvalue weighted by Crippen LogP contribution is -2.46. The van der Waals surface area contributed by atoms with E-state index in [0.29, 0.717) is 25.6 Å². The largest absolute Gasteiger partial charge is 0.497 e. The number of carbonyl (C=O) groups is 1. The molecule has 164 valence electrons. The molecular weight excluding hydrogens is 410 g/mol. The van der Waals surface area contributed by atoms with Gasteiger partial charge in [-0.15, -0.1) is 5.10 Å². The third-order valence-electron chi connectivity index (χ3n) is 5.98. The molecule has 2 aromatic carbocycles. The Bertz CT molecular complexity index is 1290. The van der Waals surface area contributed by atoms with Crippen LogP contribution in [-0.4, -0.2) is 40.5 Å². The first kappa shape index (κ1) is 20.0. The minimum absolute atomic E-state index is 0.259. The van der Waals surface area contributed by atoms with E-state index in [0.717, 1.165) is 40.2 Å². The highest BCUT2D eigenvalue weighted by Crippen LogP contribution is 2.29. The fourth-order valence-electron chi connectivity index (χ4n) is 4.35. The minimum atomic E-state index is -0.788. The third kappa shape index (κ3) is 3.35. The number of benzene rings is 2. The van der Waals surface area contributed by atoms with Crippen molar-refractivity contribution in [1.82, 2.24) is 14.3 Å². The lowest BCUT2D eigenvalue weighted by molar-refractivity contribution is -0.119. The summed E-state index contributed by atoms with van der Waals surface area (Å²) in [5.74, 6) is 0.812. The summed E-state index contributed by atoms with van der Waals surface area (Å²) in [4.78, 5) is 42.1. The second-order valence-electron chi connectivity index (χ2n) is 7.85. The number of aromatic nitrogens is 3. The van der Waals surface area contributed by atoms with Crippen LogP contribution in [0.15, 0.2) is 58.1 Å². The summed E-state index contributed by atoms with van der Waals surface area (Å²) < 4.78 is 7.57. The Kier molecular flexibility index (Phi) is 5.01. The van der Waals surface area contributed by atoms with Crippen molar-refractivity contribution in [1.29, 1.82) is 0 Å². The van der Waals surface area contributed by atoms with Gasteiger partial charge in [0.2, 0.25) is 11.9 Å². The molecule has 3 heterocycles. The lowest BCUT2D eigenvalue weighted by Gasteiger charge is -2.29. The molecule has 0 unspecified atom stereocenters. The number of rotatable bonds is 4. The van der Waals surface area contributed by atoms with Crippen LogP contribution in [0.25, 0.3) is 0 Å². The van der Waals surface area contributed by atoms with Crippen LogP contribution < -0.4 is 25.7 Å². The second kappa shape index (κ2) is 7.99. The molecule has 1 amide bonds. The molecule has 0 N–H and O–H groups in total. The number of para-hydroxylation sites is 1. The van der Waals surface area contributed by atoms with E-state index in [4.69, 9.17) is 4.74 Å². The van der Waals surface area contributed by atoms with Crippen LogP contribution in [0.4, 0.5) is 17.3 Å². The summed E-state index contributed by atoms with van der Waals surface area (Å²) in [5.41, 5.74) is 1.33. The zero-order valence-electron chi connectivity index (χ0n) is 17.7. The van der Waals surface area contributed by atoms with Gasteiger partial charge in [-0.1, -0.05) is 18.2 Å². The molecule has 0 fully saturated rings. The first-order valence-corrected chi connectivity index (χ1v) is 10.6. The van der Waals surface area contributed by atoms with Crippen molar-refractivity contribution in [3.8, 4) is 5.75 Å². The van der Waals surface area contributed by atoms with E-state index in [1.807, 2.05) is 53.4 Å². The van der Waals surface area contributed by atoms with Gasteiger partial charge in [-0.25, -0.2) is 4.68 Å². The van der Waals surface area contributed by atoms with Gasteiger partial charge in [-0.2, -0.15) is 0 Å². The number of hydrogen-bond donors (Lipinski definition) is 0. The maximum Gasteiger partial charge on any atom is 0.333 e. The fourth-order valence-corrected chi connectivity index (χ4v) is 4.35. The van der Waals surface area contributed by atoms with Crippen molar-refractivity contribution in [2.45, 2.75) is 25.9 Å². The Morgan fingerprint density at radius 2 is 1.78 bits per heavy atom. The number of amides is 1. The number of nitrogens with zero attached hydrogens (tertiary/aromatic N) is 5. The monoisotopic (exact) mass is 433 g/mol. The number of fused-ring (bicyclic) bond motifs is 2. The van der Waals surface area contributed by atoms with Crippen LogP contribution in [0.3, 0.4) is 0 Å². The predicted octanol–water partition coefficient (Wildman–Crippen LogP) is 1.54. The smallest absolute Gasteiger partial charge is 0.333 e. The summed E-state index contributed by atoms with van der Waals surface area (Å²) >= 11 is 0. The minimum Gasteiger partial charge on any atom is -0.497 e. The van der Waals surface area contributed by atoms with Crippen LogP contribution >= 0.6 is 0 Å². The molecule has 3 aromatic rings. The van der Waals surface area contributed by atoms with Gasteiger partial charge in [-0.05, 0) is 48.7 Å². The van der Waals surface area contributed by atoms with Gasteiger partial charge in [0.15, 0.2) is 0 Å². The molecule has 5 rings (SSSR count). The van der Waals surface area contributed by atoms with E-state index >= 15 is 0 Å². The highest BCUT2D eigenvalue weighted by atomic mass is 16.5. The molecule has 0 aliphatic carbocycles. The van der Waals surface area contributed by atoms with E-state index in [2.05, 4.69) is 5.10 Å². The van der Waals surface area contributed by atoms with E-state index < -0.39 is 11.1 Å². The lowest BCUT2D eigenvalue weighted by atomic mass is 10.0. The fraction of sp³-hybridized carbons (Fsp3) is 0.304. The van der Waals surface area contributed by atoms with Crippen molar-refractivity contribution in [3.05, 3.63) is 74.8 Å². The average molecular weight is 433 g/mol. The van der Waals surface area contributed by atoms with Crippen molar-refractivity contribution in [3.63, 3.8) is 0 Å². The summed E-state index contributed by atoms with van der Waals surface area (Å²) in [7, 11) is 1.59. The van der Waals surface area contributed by atoms with Gasteiger partial charge in [0.25, 0.3) is 0 Å². The molecule has 32 heavy (non-hydrogen) atoms. The topological polar surface area (TPSA) is 89.7 Å². The first-order chi connectivity index (χ1) is 15.6. The highest BCUT2D eigenvalue weighted by molar-refractivity contribution is 5.94. The number of methoxy groups -OCH3 is 1. The van der Waals surface area contributed by atoms with E-state index in [1.54, 1.807) is 12.0 Å². The van der Waals surface area contributed by atoms with Gasteiger partial charge in [0.05, 0.1) is 7.11 Å². The van der Waals surface area contributed by atoms with Crippen molar-refractivity contribution in [2.75, 3.05) is 30.0 Å². The Balaban J connectivity index is 1.47. The number of hydrogen-bond acceptors (Lipinski definition) is 6. The molecular formula is C23H23N5O4. The highest BCUT2D eigenvalue weighted by Gasteiger charge is 2.28. The molecule has 1 aromatic heterocycles. The van der Waals surface area contributed by atoms with Gasteiger partial charge < -0.3 is 14.5 Å². The summed E-state index contributed by atoms with van der Waals surface area (Å²) in [6, 6.07) is 15.1. The van der Waals surface area contributed by atoms with Crippen molar-refractivity contribution in [2.24, 2.45) is 0 Å². The maximum absolute atomic E-state index is 13.1. The van der Waals surface area contributed by atoms with Crippen LogP contribution in [0, 0.1) is 0 Å². The second-order valence-corrected chi connectivity index (χ2v) is 7.85. The molecule has 9 nitrogen and oxygen atoms in total. The number of carbonyl (C=O) groups excluding carboxylic acids is 1. The van der Waals surface area contributed by atoms with E-state index in [1.165, 1.54) is 4.57 Å². The SMILES string of the molecule is COc1ccc(N2CCn3c2nn(CC(=O)N2CCCc4ccccc42)c(=O)c3=O)cc1. The normalized spacial score (nSPS) is 14.8. The predicted molar refractivity (Wildman–Crippen MR) is 120 cm³/mol. The van der Waals surface area contributed by atoms with Gasteiger partial charge >= 0.3 is 11.1 Å². The molecule has 0 saturated heterocycles. The summed E-state index contributed by atoms with van der Waals surface area (Å²) in [5, 5.41) is 4.42. The van der Waals surface area contributed by atoms with Crippen LogP contribution in [-0.2, 0) is 24.3 Å². The van der Waals surface area contributed by atoms with Crippen LogP contribution in [0.2, 0.25) is 0 Å². The molecule has 0 bridgehead atoms. The quantitative estimate of drug-likeness (QED) is 0.580. The summed E-state index contributed by atoms with van der Waals surface area (Å²) in [6.07, 6.45) is 1.76. The molecule has 2 aliphatic rings. The Morgan fingerprint density at radius 1 is 1.00 bits per heavy atom. The van der Waals surface area contributed by atoms with E-state index in [9.17, 15) is 14.4 Å². The first-order valence-electron chi connectivity index (χ1n) is 10.6. The van der Waals surface area contributed by atoms with Crippen molar-refractivity contribution < 1.29 is 9.53 Å². The number of aryl methyl sites for hydroxylation is 1. The summed E-state index contributed by atoms with van der Waals surface area (Å²) in [6.45, 7) is 1.15. The van der Waals surface area contributed by atoms with Gasteiger partial charge in [0, 0.05) is 31.0 Å². The van der Waals surface area contributed by atoms with Crippen LogP contribution in [0.1, 0.15) is 12.0 Å². The molecule has 2 aliphatic heterocycles. The number of anilines is 3. The standard InChI is InChI=1S/C23H23N5O4/c1-32-18-10-8-17(9-11-18)25-13-14-27-21(30)22(31)28(24-23(25)27)15-20(29)26-12-4-6-16-5-2-3-7-19(16)26/h2-3,5,7-11H,4,6,12-15H2,1H3. The van der Waals surface area contributed by atoms with E-state index in [-0.39, 0.29) is 12.5 Å². The average Bonchev–Trinajstić information content (AvgIpc) is 3.26. The molecule has 0 atom stereocenters. The van der Waals surface area contributed by atoms with Crippen LogP contribution in [0.5, 0.6) is 5.75 Å². The third-order valence-corrected chi connectivity index (χ3v) is 5.98. The maximum atomic E-state index is 13.1. The Labute approximate surface area is 184 Å². The van der Waals surface area contributed by atoms with Crippen molar-refractivity contribution >= 4 is 23.2 Å².